The highest BCUT2D eigenvalue weighted by atomic mass is 15.3. The van der Waals surface area contributed by atoms with Crippen molar-refractivity contribution in [3.05, 3.63) is 35.4 Å². The molecule has 2 heterocycles. The van der Waals surface area contributed by atoms with Crippen LogP contribution >= 0.6 is 0 Å². The Labute approximate surface area is 114 Å². The standard InChI is InChI=1S/C14H23N5/c1-5-6-15-14(7-12-8-16-18(3)10-12)13-9-17-19(4)11(13)2/h8-10,14-15H,5-7H2,1-4H3. The third kappa shape index (κ3) is 3.23. The molecule has 0 fully saturated rings. The summed E-state index contributed by atoms with van der Waals surface area (Å²) in [5.41, 5.74) is 3.75. The van der Waals surface area contributed by atoms with Crippen LogP contribution < -0.4 is 5.32 Å². The van der Waals surface area contributed by atoms with E-state index in [0.29, 0.717) is 6.04 Å². The van der Waals surface area contributed by atoms with Crippen LogP contribution in [0.15, 0.2) is 18.6 Å². The van der Waals surface area contributed by atoms with E-state index in [1.54, 1.807) is 0 Å². The molecule has 2 rings (SSSR count). The zero-order valence-electron chi connectivity index (χ0n) is 12.2. The average Bonchev–Trinajstić information content (AvgIpc) is 2.93. The van der Waals surface area contributed by atoms with Gasteiger partial charge in [0.15, 0.2) is 0 Å². The van der Waals surface area contributed by atoms with E-state index in [0.717, 1.165) is 19.4 Å². The Morgan fingerprint density at radius 3 is 2.58 bits per heavy atom. The lowest BCUT2D eigenvalue weighted by atomic mass is 10.0. The zero-order valence-corrected chi connectivity index (χ0v) is 12.2. The fraction of sp³-hybridized carbons (Fsp3) is 0.571. The van der Waals surface area contributed by atoms with Gasteiger partial charge >= 0.3 is 0 Å². The molecule has 0 aliphatic rings. The van der Waals surface area contributed by atoms with E-state index < -0.39 is 0 Å². The minimum Gasteiger partial charge on any atom is -0.310 e. The number of hydrogen-bond donors (Lipinski definition) is 1. The highest BCUT2D eigenvalue weighted by Crippen LogP contribution is 2.21. The molecular weight excluding hydrogens is 238 g/mol. The average molecular weight is 261 g/mol. The van der Waals surface area contributed by atoms with E-state index in [-0.39, 0.29) is 0 Å². The summed E-state index contributed by atoms with van der Waals surface area (Å²) in [7, 11) is 3.94. The fourth-order valence-electron chi connectivity index (χ4n) is 2.28. The van der Waals surface area contributed by atoms with Crippen LogP contribution in [0.1, 0.15) is 36.2 Å². The molecule has 0 saturated carbocycles. The second-order valence-corrected chi connectivity index (χ2v) is 5.04. The minimum atomic E-state index is 0.304. The minimum absolute atomic E-state index is 0.304. The molecule has 0 amide bonds. The normalized spacial score (nSPS) is 12.8. The lowest BCUT2D eigenvalue weighted by Gasteiger charge is -2.17. The van der Waals surface area contributed by atoms with E-state index in [1.807, 2.05) is 35.9 Å². The van der Waals surface area contributed by atoms with Crippen LogP contribution in [0.5, 0.6) is 0 Å². The molecule has 2 aromatic heterocycles. The van der Waals surface area contributed by atoms with Gasteiger partial charge in [-0.05, 0) is 31.9 Å². The monoisotopic (exact) mass is 261 g/mol. The topological polar surface area (TPSA) is 47.7 Å². The molecule has 2 aromatic rings. The van der Waals surface area contributed by atoms with Gasteiger partial charge in [0.25, 0.3) is 0 Å². The van der Waals surface area contributed by atoms with Crippen molar-refractivity contribution in [1.29, 1.82) is 0 Å². The molecule has 5 heteroatoms. The molecule has 0 aliphatic heterocycles. The van der Waals surface area contributed by atoms with Gasteiger partial charge in [0.1, 0.15) is 0 Å². The number of rotatable bonds is 6. The van der Waals surface area contributed by atoms with Gasteiger partial charge in [0.2, 0.25) is 0 Å². The zero-order chi connectivity index (χ0) is 13.8. The summed E-state index contributed by atoms with van der Waals surface area (Å²) in [6, 6.07) is 0.304. The molecular formula is C14H23N5. The third-order valence-electron chi connectivity index (χ3n) is 3.49. The summed E-state index contributed by atoms with van der Waals surface area (Å²) in [6.45, 7) is 5.32. The van der Waals surface area contributed by atoms with Gasteiger partial charge in [0.05, 0.1) is 12.4 Å². The molecule has 0 saturated heterocycles. The Bertz CT molecular complexity index is 526. The van der Waals surface area contributed by atoms with Gasteiger partial charge in [0, 0.05) is 37.6 Å². The fourth-order valence-corrected chi connectivity index (χ4v) is 2.28. The molecule has 1 N–H and O–H groups in total. The maximum atomic E-state index is 4.35. The van der Waals surface area contributed by atoms with E-state index in [1.165, 1.54) is 16.8 Å². The van der Waals surface area contributed by atoms with Crippen molar-refractivity contribution in [2.45, 2.75) is 32.7 Å². The summed E-state index contributed by atoms with van der Waals surface area (Å²) < 4.78 is 3.78. The van der Waals surface area contributed by atoms with E-state index in [2.05, 4.69) is 35.6 Å². The van der Waals surface area contributed by atoms with Crippen LogP contribution in [0, 0.1) is 6.92 Å². The van der Waals surface area contributed by atoms with Crippen molar-refractivity contribution >= 4 is 0 Å². The quantitative estimate of drug-likeness (QED) is 0.861. The van der Waals surface area contributed by atoms with Gasteiger partial charge < -0.3 is 5.32 Å². The van der Waals surface area contributed by atoms with E-state index >= 15 is 0 Å². The van der Waals surface area contributed by atoms with E-state index in [4.69, 9.17) is 0 Å². The number of nitrogens with zero attached hydrogens (tertiary/aromatic N) is 4. The first-order valence-electron chi connectivity index (χ1n) is 6.81. The lowest BCUT2D eigenvalue weighted by Crippen LogP contribution is -2.24. The molecule has 0 aromatic carbocycles. The van der Waals surface area contributed by atoms with Crippen molar-refractivity contribution in [2.24, 2.45) is 14.1 Å². The first-order valence-corrected chi connectivity index (χ1v) is 6.81. The first kappa shape index (κ1) is 13.8. The van der Waals surface area contributed by atoms with Crippen LogP contribution in [0.4, 0.5) is 0 Å². The second kappa shape index (κ2) is 6.02. The molecule has 104 valence electrons. The van der Waals surface area contributed by atoms with E-state index in [9.17, 15) is 0 Å². The summed E-state index contributed by atoms with van der Waals surface area (Å²) in [4.78, 5) is 0. The highest BCUT2D eigenvalue weighted by Gasteiger charge is 2.17. The molecule has 0 spiro atoms. The predicted octanol–water partition coefficient (Wildman–Crippen LogP) is 1.75. The maximum Gasteiger partial charge on any atom is 0.0540 e. The summed E-state index contributed by atoms with van der Waals surface area (Å²) >= 11 is 0. The Balaban J connectivity index is 2.18. The smallest absolute Gasteiger partial charge is 0.0540 e. The molecule has 19 heavy (non-hydrogen) atoms. The summed E-state index contributed by atoms with van der Waals surface area (Å²) in [5.74, 6) is 0. The number of nitrogens with one attached hydrogen (secondary N) is 1. The second-order valence-electron chi connectivity index (χ2n) is 5.04. The van der Waals surface area contributed by atoms with Crippen LogP contribution in [0.3, 0.4) is 0 Å². The molecule has 5 nitrogen and oxygen atoms in total. The van der Waals surface area contributed by atoms with Crippen molar-refractivity contribution in [3.63, 3.8) is 0 Å². The molecule has 0 radical (unpaired) electrons. The SMILES string of the molecule is CCCNC(Cc1cnn(C)c1)c1cnn(C)c1C. The van der Waals surface area contributed by atoms with Gasteiger partial charge in [-0.3, -0.25) is 9.36 Å². The lowest BCUT2D eigenvalue weighted by molar-refractivity contribution is 0.526. The van der Waals surface area contributed by atoms with Crippen molar-refractivity contribution in [3.8, 4) is 0 Å². The third-order valence-corrected chi connectivity index (χ3v) is 3.49. The Morgan fingerprint density at radius 2 is 2.05 bits per heavy atom. The molecule has 1 atom stereocenters. The molecule has 0 aliphatic carbocycles. The Kier molecular flexibility index (Phi) is 4.37. The predicted molar refractivity (Wildman–Crippen MR) is 75.9 cm³/mol. The Morgan fingerprint density at radius 1 is 1.26 bits per heavy atom. The number of aromatic nitrogens is 4. The molecule has 0 bridgehead atoms. The molecule has 1 unspecified atom stereocenters. The van der Waals surface area contributed by atoms with Crippen molar-refractivity contribution < 1.29 is 0 Å². The first-order chi connectivity index (χ1) is 9.11. The maximum absolute atomic E-state index is 4.35. The van der Waals surface area contributed by atoms with Crippen LogP contribution in [-0.2, 0) is 20.5 Å². The van der Waals surface area contributed by atoms with Crippen molar-refractivity contribution in [1.82, 2.24) is 24.9 Å². The number of aryl methyl sites for hydroxylation is 2. The van der Waals surface area contributed by atoms with Gasteiger partial charge in [-0.15, -0.1) is 0 Å². The number of hydrogen-bond acceptors (Lipinski definition) is 3. The van der Waals surface area contributed by atoms with Crippen LogP contribution in [0.25, 0.3) is 0 Å². The van der Waals surface area contributed by atoms with Gasteiger partial charge in [-0.1, -0.05) is 6.92 Å². The summed E-state index contributed by atoms with van der Waals surface area (Å²) in [5, 5.41) is 12.2. The van der Waals surface area contributed by atoms with Crippen molar-refractivity contribution in [2.75, 3.05) is 6.54 Å². The largest absolute Gasteiger partial charge is 0.310 e. The van der Waals surface area contributed by atoms with Gasteiger partial charge in [-0.25, -0.2) is 0 Å². The Hall–Kier alpha value is -1.62. The summed E-state index contributed by atoms with van der Waals surface area (Å²) in [6.07, 6.45) is 8.06. The highest BCUT2D eigenvalue weighted by molar-refractivity contribution is 5.23. The van der Waals surface area contributed by atoms with Crippen LogP contribution in [0.2, 0.25) is 0 Å². The van der Waals surface area contributed by atoms with Crippen LogP contribution in [-0.4, -0.2) is 26.1 Å². The van der Waals surface area contributed by atoms with Gasteiger partial charge in [-0.2, -0.15) is 10.2 Å².